The molecule has 158 valence electrons. The number of nitrogens with zero attached hydrogens (tertiary/aromatic N) is 2. The Morgan fingerprint density at radius 2 is 1.77 bits per heavy atom. The number of para-hydroxylation sites is 1. The fourth-order valence-corrected chi connectivity index (χ4v) is 4.67. The molecule has 2 heterocycles. The first kappa shape index (κ1) is 20.9. The van der Waals surface area contributed by atoms with Gasteiger partial charge < -0.3 is 5.32 Å². The molecule has 30 heavy (non-hydrogen) atoms. The summed E-state index contributed by atoms with van der Waals surface area (Å²) in [5.41, 5.74) is 3.19. The molecule has 1 atom stereocenters. The molecule has 1 saturated heterocycles. The summed E-state index contributed by atoms with van der Waals surface area (Å²) in [6.07, 6.45) is 2.71. The molecule has 1 N–H and O–H groups in total. The summed E-state index contributed by atoms with van der Waals surface area (Å²) in [4.78, 5) is 29.1. The van der Waals surface area contributed by atoms with Crippen molar-refractivity contribution in [2.45, 2.75) is 38.8 Å². The largest absolute Gasteiger partial charge is 0.354 e. The van der Waals surface area contributed by atoms with Gasteiger partial charge in [0.25, 0.3) is 0 Å². The number of hydrogen-bond donors (Lipinski definition) is 1. The molecule has 0 aliphatic carbocycles. The van der Waals surface area contributed by atoms with Crippen LogP contribution in [0.3, 0.4) is 0 Å². The second-order valence-electron chi connectivity index (χ2n) is 8.33. The van der Waals surface area contributed by atoms with Gasteiger partial charge in [0, 0.05) is 37.1 Å². The Morgan fingerprint density at radius 3 is 2.47 bits per heavy atom. The number of piperidine rings is 1. The fraction of sp³-hybridized carbons (Fsp3) is 0.417. The normalized spacial score (nSPS) is 19.5. The van der Waals surface area contributed by atoms with E-state index in [4.69, 9.17) is 11.6 Å². The zero-order valence-corrected chi connectivity index (χ0v) is 18.1. The highest BCUT2D eigenvalue weighted by atomic mass is 35.5. The van der Waals surface area contributed by atoms with Gasteiger partial charge in [-0.15, -0.1) is 0 Å². The van der Waals surface area contributed by atoms with Crippen molar-refractivity contribution in [3.05, 3.63) is 64.7 Å². The maximum Gasteiger partial charge on any atom is 0.243 e. The predicted octanol–water partition coefficient (Wildman–Crippen LogP) is 3.65. The van der Waals surface area contributed by atoms with E-state index >= 15 is 0 Å². The van der Waals surface area contributed by atoms with Crippen LogP contribution in [-0.2, 0) is 22.6 Å². The van der Waals surface area contributed by atoms with E-state index in [9.17, 15) is 9.59 Å². The van der Waals surface area contributed by atoms with E-state index in [-0.39, 0.29) is 11.8 Å². The molecule has 0 spiro atoms. The number of amides is 2. The van der Waals surface area contributed by atoms with Crippen molar-refractivity contribution in [3.63, 3.8) is 0 Å². The minimum Gasteiger partial charge on any atom is -0.354 e. The smallest absolute Gasteiger partial charge is 0.243 e. The van der Waals surface area contributed by atoms with Crippen LogP contribution in [0.5, 0.6) is 0 Å². The highest BCUT2D eigenvalue weighted by Gasteiger charge is 2.36. The molecule has 6 heteroatoms. The van der Waals surface area contributed by atoms with Crippen LogP contribution in [-0.4, -0.2) is 42.4 Å². The molecule has 0 saturated carbocycles. The Balaban J connectivity index is 1.26. The number of likely N-dealkylation sites (tertiary alicyclic amines) is 1. The van der Waals surface area contributed by atoms with Crippen LogP contribution in [0, 0.1) is 5.92 Å². The highest BCUT2D eigenvalue weighted by Crippen LogP contribution is 2.32. The summed E-state index contributed by atoms with van der Waals surface area (Å²) in [5, 5.41) is 3.88. The minimum atomic E-state index is -0.440. The van der Waals surface area contributed by atoms with Gasteiger partial charge in [-0.1, -0.05) is 41.9 Å². The van der Waals surface area contributed by atoms with Gasteiger partial charge in [-0.3, -0.25) is 19.4 Å². The first-order valence-electron chi connectivity index (χ1n) is 10.6. The standard InChI is InChI=1S/C24H28ClN3O2/c1-17(29)28-22-5-3-2-4-20(22)14-23(28)24(30)26-15-18-10-12-27(13-11-18)16-19-6-8-21(25)9-7-19/h2-9,18,23H,10-16H2,1H3,(H,26,30)/t23-/m0/s1. The summed E-state index contributed by atoms with van der Waals surface area (Å²) < 4.78 is 0. The molecule has 2 aliphatic rings. The fourth-order valence-electron chi connectivity index (χ4n) is 4.54. The van der Waals surface area contributed by atoms with Crippen LogP contribution in [0.1, 0.15) is 30.9 Å². The van der Waals surface area contributed by atoms with Crippen LogP contribution in [0.4, 0.5) is 5.69 Å². The van der Waals surface area contributed by atoms with Crippen molar-refractivity contribution in [2.24, 2.45) is 5.92 Å². The molecular weight excluding hydrogens is 398 g/mol. The molecule has 0 aromatic heterocycles. The summed E-state index contributed by atoms with van der Waals surface area (Å²) in [6, 6.07) is 15.4. The van der Waals surface area contributed by atoms with Gasteiger partial charge in [-0.2, -0.15) is 0 Å². The van der Waals surface area contributed by atoms with Crippen LogP contribution < -0.4 is 10.2 Å². The van der Waals surface area contributed by atoms with E-state index in [1.165, 1.54) is 12.5 Å². The Labute approximate surface area is 183 Å². The van der Waals surface area contributed by atoms with Gasteiger partial charge in [0.2, 0.25) is 11.8 Å². The zero-order chi connectivity index (χ0) is 21.1. The lowest BCUT2D eigenvalue weighted by Gasteiger charge is -2.32. The van der Waals surface area contributed by atoms with E-state index in [0.29, 0.717) is 18.9 Å². The molecular formula is C24H28ClN3O2. The van der Waals surface area contributed by atoms with E-state index in [0.717, 1.165) is 48.7 Å². The molecule has 4 rings (SSSR count). The van der Waals surface area contributed by atoms with Crippen molar-refractivity contribution in [2.75, 3.05) is 24.5 Å². The van der Waals surface area contributed by atoms with Crippen LogP contribution >= 0.6 is 11.6 Å². The summed E-state index contributed by atoms with van der Waals surface area (Å²) in [7, 11) is 0. The van der Waals surface area contributed by atoms with Crippen molar-refractivity contribution >= 4 is 29.1 Å². The second-order valence-corrected chi connectivity index (χ2v) is 8.77. The Morgan fingerprint density at radius 1 is 1.07 bits per heavy atom. The second kappa shape index (κ2) is 9.19. The molecule has 2 amide bonds. The molecule has 0 radical (unpaired) electrons. The van der Waals surface area contributed by atoms with Crippen LogP contribution in [0.25, 0.3) is 0 Å². The topological polar surface area (TPSA) is 52.7 Å². The molecule has 1 fully saturated rings. The lowest BCUT2D eigenvalue weighted by Crippen LogP contribution is -2.49. The third-order valence-electron chi connectivity index (χ3n) is 6.21. The van der Waals surface area contributed by atoms with E-state index in [2.05, 4.69) is 22.3 Å². The Kier molecular flexibility index (Phi) is 6.40. The summed E-state index contributed by atoms with van der Waals surface area (Å²) >= 11 is 5.96. The van der Waals surface area contributed by atoms with Gasteiger partial charge in [0.15, 0.2) is 0 Å². The monoisotopic (exact) mass is 425 g/mol. The van der Waals surface area contributed by atoms with Crippen molar-refractivity contribution in [1.82, 2.24) is 10.2 Å². The van der Waals surface area contributed by atoms with Gasteiger partial charge in [0.05, 0.1) is 0 Å². The molecule has 0 bridgehead atoms. The number of rotatable bonds is 5. The van der Waals surface area contributed by atoms with E-state index in [1.807, 2.05) is 36.4 Å². The predicted molar refractivity (Wildman–Crippen MR) is 120 cm³/mol. The number of halogens is 1. The van der Waals surface area contributed by atoms with Crippen molar-refractivity contribution < 1.29 is 9.59 Å². The maximum atomic E-state index is 12.9. The molecule has 2 aliphatic heterocycles. The lowest BCUT2D eigenvalue weighted by atomic mass is 9.96. The average molecular weight is 426 g/mol. The van der Waals surface area contributed by atoms with Crippen LogP contribution in [0.15, 0.2) is 48.5 Å². The van der Waals surface area contributed by atoms with E-state index in [1.54, 1.807) is 4.90 Å². The van der Waals surface area contributed by atoms with Gasteiger partial charge in [0.1, 0.15) is 6.04 Å². The van der Waals surface area contributed by atoms with Crippen LogP contribution in [0.2, 0.25) is 5.02 Å². The first-order chi connectivity index (χ1) is 14.5. The number of carbonyl (C=O) groups is 2. The molecule has 2 aromatic rings. The molecule has 5 nitrogen and oxygen atoms in total. The molecule has 2 aromatic carbocycles. The van der Waals surface area contributed by atoms with Crippen molar-refractivity contribution in [1.29, 1.82) is 0 Å². The van der Waals surface area contributed by atoms with Crippen molar-refractivity contribution in [3.8, 4) is 0 Å². The third kappa shape index (κ3) is 4.68. The van der Waals surface area contributed by atoms with Gasteiger partial charge >= 0.3 is 0 Å². The number of fused-ring (bicyclic) bond motifs is 1. The van der Waals surface area contributed by atoms with Gasteiger partial charge in [-0.25, -0.2) is 0 Å². The number of hydrogen-bond acceptors (Lipinski definition) is 3. The Bertz CT molecular complexity index is 907. The highest BCUT2D eigenvalue weighted by molar-refractivity contribution is 6.30. The maximum absolute atomic E-state index is 12.9. The number of carbonyl (C=O) groups excluding carboxylic acids is 2. The first-order valence-corrected chi connectivity index (χ1v) is 11.0. The third-order valence-corrected chi connectivity index (χ3v) is 6.46. The molecule has 0 unspecified atom stereocenters. The lowest BCUT2D eigenvalue weighted by molar-refractivity contribution is -0.125. The summed E-state index contributed by atoms with van der Waals surface area (Å²) in [6.45, 7) is 5.18. The zero-order valence-electron chi connectivity index (χ0n) is 17.3. The number of benzene rings is 2. The quantitative estimate of drug-likeness (QED) is 0.795. The Hall–Kier alpha value is -2.37. The number of anilines is 1. The number of nitrogens with one attached hydrogen (secondary N) is 1. The minimum absolute atomic E-state index is 0.0509. The van der Waals surface area contributed by atoms with Gasteiger partial charge in [-0.05, 0) is 61.2 Å². The van der Waals surface area contributed by atoms with E-state index < -0.39 is 6.04 Å². The SMILES string of the molecule is CC(=O)N1c2ccccc2C[C@H]1C(=O)NCC1CCN(Cc2ccc(Cl)cc2)CC1. The summed E-state index contributed by atoms with van der Waals surface area (Å²) in [5.74, 6) is 0.338. The average Bonchev–Trinajstić information content (AvgIpc) is 3.15.